The van der Waals surface area contributed by atoms with Gasteiger partial charge in [-0.3, -0.25) is 0 Å². The Morgan fingerprint density at radius 1 is 1.25 bits per heavy atom. The molecule has 0 aromatic carbocycles. The normalized spacial score (nSPS) is 25.8. The van der Waals surface area contributed by atoms with Crippen LogP contribution in [-0.2, 0) is 6.54 Å². The summed E-state index contributed by atoms with van der Waals surface area (Å²) in [4.78, 5) is 7.46. The molecule has 1 saturated heterocycles. The first-order chi connectivity index (χ1) is 9.79. The van der Waals surface area contributed by atoms with Crippen molar-refractivity contribution >= 4 is 5.82 Å². The molecule has 2 aliphatic rings. The molecular formula is C17H27N3. The molecule has 0 bridgehead atoms. The van der Waals surface area contributed by atoms with Crippen LogP contribution in [0.3, 0.4) is 0 Å². The average molecular weight is 273 g/mol. The molecule has 2 atom stereocenters. The van der Waals surface area contributed by atoms with Gasteiger partial charge in [-0.05, 0) is 50.3 Å². The fraction of sp³-hybridized carbons (Fsp3) is 0.706. The van der Waals surface area contributed by atoms with Gasteiger partial charge in [0.2, 0.25) is 0 Å². The van der Waals surface area contributed by atoms with Crippen LogP contribution < -0.4 is 10.2 Å². The number of aromatic nitrogens is 1. The summed E-state index contributed by atoms with van der Waals surface area (Å²) in [6, 6.07) is 5.25. The summed E-state index contributed by atoms with van der Waals surface area (Å²) >= 11 is 0. The van der Waals surface area contributed by atoms with Gasteiger partial charge in [0, 0.05) is 24.8 Å². The van der Waals surface area contributed by atoms with Crippen LogP contribution in [0.1, 0.15) is 50.3 Å². The Morgan fingerprint density at radius 3 is 2.90 bits per heavy atom. The Bertz CT molecular complexity index is 458. The summed E-state index contributed by atoms with van der Waals surface area (Å²) in [5, 5.41) is 3.39. The number of aryl methyl sites for hydroxylation is 1. The van der Waals surface area contributed by atoms with E-state index in [1.165, 1.54) is 55.7 Å². The van der Waals surface area contributed by atoms with Gasteiger partial charge in [0.25, 0.3) is 0 Å². The molecule has 2 unspecified atom stereocenters. The standard InChI is InChI=1S/C17H27N3/c1-3-18-12-15-8-9-17(19-13(15)2)20-11-10-14-6-4-5-7-16(14)20/h8-9,14,16,18H,3-7,10-12H2,1-2H3. The zero-order valence-corrected chi connectivity index (χ0v) is 12.9. The molecule has 3 rings (SSSR count). The van der Waals surface area contributed by atoms with Gasteiger partial charge in [-0.2, -0.15) is 0 Å². The van der Waals surface area contributed by atoms with Gasteiger partial charge in [-0.25, -0.2) is 4.98 Å². The van der Waals surface area contributed by atoms with E-state index < -0.39 is 0 Å². The predicted octanol–water partition coefficient (Wildman–Crippen LogP) is 3.27. The minimum Gasteiger partial charge on any atom is -0.353 e. The van der Waals surface area contributed by atoms with Gasteiger partial charge in [0.05, 0.1) is 0 Å². The van der Waals surface area contributed by atoms with Crippen LogP contribution in [0.4, 0.5) is 5.82 Å². The van der Waals surface area contributed by atoms with Crippen LogP contribution in [-0.4, -0.2) is 24.1 Å². The smallest absolute Gasteiger partial charge is 0.129 e. The van der Waals surface area contributed by atoms with Crippen molar-refractivity contribution in [1.29, 1.82) is 0 Å². The predicted molar refractivity (Wildman–Crippen MR) is 84.1 cm³/mol. The Labute approximate surface area is 122 Å². The SMILES string of the molecule is CCNCc1ccc(N2CCC3CCCCC32)nc1C. The molecule has 1 aliphatic carbocycles. The highest BCUT2D eigenvalue weighted by atomic mass is 15.2. The third-order valence-electron chi connectivity index (χ3n) is 5.05. The van der Waals surface area contributed by atoms with E-state index >= 15 is 0 Å². The van der Waals surface area contributed by atoms with Crippen molar-refractivity contribution < 1.29 is 0 Å². The highest BCUT2D eigenvalue weighted by Crippen LogP contribution is 2.38. The van der Waals surface area contributed by atoms with E-state index in [1.54, 1.807) is 0 Å². The topological polar surface area (TPSA) is 28.2 Å². The monoisotopic (exact) mass is 273 g/mol. The lowest BCUT2D eigenvalue weighted by Crippen LogP contribution is -2.35. The van der Waals surface area contributed by atoms with Crippen molar-refractivity contribution in [1.82, 2.24) is 10.3 Å². The Balaban J connectivity index is 1.75. The molecule has 0 amide bonds. The number of hydrogen-bond acceptors (Lipinski definition) is 3. The van der Waals surface area contributed by atoms with Crippen LogP contribution in [0.15, 0.2) is 12.1 Å². The second-order valence-electron chi connectivity index (χ2n) is 6.29. The molecule has 3 heteroatoms. The van der Waals surface area contributed by atoms with E-state index in [0.29, 0.717) is 0 Å². The Hall–Kier alpha value is -1.09. The Kier molecular flexibility index (Phi) is 4.25. The van der Waals surface area contributed by atoms with Gasteiger partial charge < -0.3 is 10.2 Å². The van der Waals surface area contributed by atoms with Gasteiger partial charge in [-0.15, -0.1) is 0 Å². The maximum absolute atomic E-state index is 4.89. The molecule has 1 aromatic rings. The number of nitrogens with zero attached hydrogens (tertiary/aromatic N) is 2. The molecule has 2 heterocycles. The third kappa shape index (κ3) is 2.69. The molecule has 1 aromatic heterocycles. The lowest BCUT2D eigenvalue weighted by atomic mass is 9.85. The molecule has 2 fully saturated rings. The molecule has 1 saturated carbocycles. The molecule has 0 spiro atoms. The fourth-order valence-electron chi connectivity index (χ4n) is 3.87. The number of fused-ring (bicyclic) bond motifs is 1. The van der Waals surface area contributed by atoms with E-state index in [2.05, 4.69) is 36.2 Å². The minimum absolute atomic E-state index is 0.760. The summed E-state index contributed by atoms with van der Waals surface area (Å²) in [7, 11) is 0. The molecule has 20 heavy (non-hydrogen) atoms. The second-order valence-corrected chi connectivity index (χ2v) is 6.29. The number of nitrogens with one attached hydrogen (secondary N) is 1. The van der Waals surface area contributed by atoms with E-state index in [0.717, 1.165) is 25.0 Å². The number of anilines is 1. The first kappa shape index (κ1) is 13.9. The van der Waals surface area contributed by atoms with E-state index in [9.17, 15) is 0 Å². The van der Waals surface area contributed by atoms with Crippen molar-refractivity contribution in [2.24, 2.45) is 5.92 Å². The second kappa shape index (κ2) is 6.13. The van der Waals surface area contributed by atoms with Crippen LogP contribution in [0.2, 0.25) is 0 Å². The number of rotatable bonds is 4. The number of pyridine rings is 1. The van der Waals surface area contributed by atoms with Gasteiger partial charge in [0.15, 0.2) is 0 Å². The van der Waals surface area contributed by atoms with Crippen molar-refractivity contribution in [3.63, 3.8) is 0 Å². The quantitative estimate of drug-likeness (QED) is 0.912. The first-order valence-electron chi connectivity index (χ1n) is 8.23. The lowest BCUT2D eigenvalue weighted by molar-refractivity contribution is 0.341. The van der Waals surface area contributed by atoms with Crippen LogP contribution in [0, 0.1) is 12.8 Å². The van der Waals surface area contributed by atoms with E-state index in [4.69, 9.17) is 4.98 Å². The van der Waals surface area contributed by atoms with Crippen LogP contribution in [0.5, 0.6) is 0 Å². The zero-order valence-electron chi connectivity index (χ0n) is 12.9. The summed E-state index contributed by atoms with van der Waals surface area (Å²) in [5.74, 6) is 2.13. The highest BCUT2D eigenvalue weighted by molar-refractivity contribution is 5.44. The molecule has 110 valence electrons. The van der Waals surface area contributed by atoms with Crippen molar-refractivity contribution in [2.45, 2.75) is 58.5 Å². The molecule has 0 radical (unpaired) electrons. The van der Waals surface area contributed by atoms with Crippen molar-refractivity contribution in [3.8, 4) is 0 Å². The maximum Gasteiger partial charge on any atom is 0.129 e. The molecule has 1 N–H and O–H groups in total. The molecular weight excluding hydrogens is 246 g/mol. The van der Waals surface area contributed by atoms with Crippen molar-refractivity contribution in [2.75, 3.05) is 18.0 Å². The fourth-order valence-corrected chi connectivity index (χ4v) is 3.87. The van der Waals surface area contributed by atoms with Crippen LogP contribution in [0.25, 0.3) is 0 Å². The summed E-state index contributed by atoms with van der Waals surface area (Å²) in [6.07, 6.45) is 6.99. The van der Waals surface area contributed by atoms with Gasteiger partial charge in [-0.1, -0.05) is 25.8 Å². The maximum atomic E-state index is 4.89. The van der Waals surface area contributed by atoms with Crippen LogP contribution >= 0.6 is 0 Å². The van der Waals surface area contributed by atoms with Gasteiger partial charge in [0.1, 0.15) is 5.82 Å². The van der Waals surface area contributed by atoms with Crippen molar-refractivity contribution in [3.05, 3.63) is 23.4 Å². The first-order valence-corrected chi connectivity index (χ1v) is 8.23. The third-order valence-corrected chi connectivity index (χ3v) is 5.05. The number of hydrogen-bond donors (Lipinski definition) is 1. The average Bonchev–Trinajstić information content (AvgIpc) is 2.90. The Morgan fingerprint density at radius 2 is 2.10 bits per heavy atom. The summed E-state index contributed by atoms with van der Waals surface area (Å²) in [6.45, 7) is 7.43. The summed E-state index contributed by atoms with van der Waals surface area (Å²) < 4.78 is 0. The minimum atomic E-state index is 0.760. The van der Waals surface area contributed by atoms with E-state index in [-0.39, 0.29) is 0 Å². The van der Waals surface area contributed by atoms with Gasteiger partial charge >= 0.3 is 0 Å². The molecule has 1 aliphatic heterocycles. The zero-order chi connectivity index (χ0) is 13.9. The molecule has 3 nitrogen and oxygen atoms in total. The highest BCUT2D eigenvalue weighted by Gasteiger charge is 2.36. The lowest BCUT2D eigenvalue weighted by Gasteiger charge is -2.32. The largest absolute Gasteiger partial charge is 0.353 e. The van der Waals surface area contributed by atoms with E-state index in [1.807, 2.05) is 0 Å². The summed E-state index contributed by atoms with van der Waals surface area (Å²) in [5.41, 5.74) is 2.51.